The Morgan fingerprint density at radius 2 is 0.938 bits per heavy atom. The Labute approximate surface area is 556 Å². The summed E-state index contributed by atoms with van der Waals surface area (Å²) in [6.07, 6.45) is 11.3. The number of aryl methyl sites for hydroxylation is 1. The van der Waals surface area contributed by atoms with Crippen LogP contribution in [-0.2, 0) is 42.5 Å². The maximum Gasteiger partial charge on any atom is 0.262 e. The molecule has 23 nitrogen and oxygen atoms in total. The quantitative estimate of drug-likeness (QED) is 0.0469. The summed E-state index contributed by atoms with van der Waals surface area (Å²) in [4.78, 5) is 77.5. The van der Waals surface area contributed by atoms with Crippen LogP contribution >= 0.6 is 0 Å². The van der Waals surface area contributed by atoms with Crippen LogP contribution in [-0.4, -0.2) is 120 Å². The third kappa shape index (κ3) is 13.9. The number of aromatic hydroxyl groups is 1. The van der Waals surface area contributed by atoms with E-state index in [9.17, 15) is 49.9 Å². The number of carbonyl (C=O) groups is 3. The summed E-state index contributed by atoms with van der Waals surface area (Å²) in [6.45, 7) is 10.4. The van der Waals surface area contributed by atoms with E-state index in [2.05, 4.69) is 56.6 Å². The Bertz CT molecular complexity index is 5280. The van der Waals surface area contributed by atoms with E-state index >= 15 is 0 Å². The largest absolute Gasteiger partial charge is 0.506 e. The summed E-state index contributed by atoms with van der Waals surface area (Å²) in [6, 6.07) is 40.8. The number of aromatic amines is 3. The van der Waals surface area contributed by atoms with Crippen molar-refractivity contribution in [2.75, 3.05) is 22.1 Å². The van der Waals surface area contributed by atoms with Crippen LogP contribution in [0.4, 0.5) is 17.1 Å². The predicted octanol–water partition coefficient (Wildman–Crippen LogP) is 12.2. The van der Waals surface area contributed by atoms with Crippen molar-refractivity contribution >= 4 is 97.8 Å². The van der Waals surface area contributed by atoms with Crippen LogP contribution in [0.1, 0.15) is 93.0 Å². The number of phenolic OH excluding ortho intramolecular Hbond substituents is 1. The highest BCUT2D eigenvalue weighted by atomic mass is 32.2. The fourth-order valence-electron chi connectivity index (χ4n) is 10.5. The Balaban J connectivity index is 0.000000170. The van der Waals surface area contributed by atoms with E-state index in [-0.39, 0.29) is 53.0 Å². The molecule has 0 bridgehead atoms. The number of hydrogen-bond donors (Lipinski definition) is 7. The van der Waals surface area contributed by atoms with Crippen LogP contribution in [0.2, 0.25) is 0 Å². The van der Waals surface area contributed by atoms with Gasteiger partial charge in [-0.1, -0.05) is 78.9 Å². The molecule has 494 valence electrons. The maximum atomic E-state index is 13.5. The number of nitrogens with zero attached hydrogens (tertiary/aromatic N) is 7. The van der Waals surface area contributed by atoms with Gasteiger partial charge in [0.25, 0.3) is 17.7 Å². The Kier molecular flexibility index (Phi) is 19.2. The minimum absolute atomic E-state index is 0. The molecule has 96 heavy (non-hydrogen) atoms. The fraction of sp³-hybridized carbons (Fsp3) is 0.186. The molecule has 0 saturated heterocycles. The third-order valence-electron chi connectivity index (χ3n) is 16.0. The number of aromatic nitrogens is 9. The van der Waals surface area contributed by atoms with E-state index in [0.29, 0.717) is 90.6 Å². The molecule has 6 aromatic carbocycles. The Hall–Kier alpha value is -10.8. The summed E-state index contributed by atoms with van der Waals surface area (Å²) < 4.78 is 74.1. The molecule has 12 aromatic rings. The molecule has 0 atom stereocenters. The summed E-state index contributed by atoms with van der Waals surface area (Å²) in [5.41, 5.74) is 11.1. The van der Waals surface area contributed by atoms with Gasteiger partial charge in [0.1, 0.15) is 22.3 Å². The van der Waals surface area contributed by atoms with Crippen LogP contribution < -0.4 is 15.5 Å². The summed E-state index contributed by atoms with van der Waals surface area (Å²) >= 11 is 0. The first-order valence-electron chi connectivity index (χ1n) is 30.5. The second-order valence-electron chi connectivity index (χ2n) is 23.3. The maximum absolute atomic E-state index is 13.5. The molecule has 1 aliphatic heterocycles. The number of aliphatic hydroxyl groups excluding tert-OH is 1. The van der Waals surface area contributed by atoms with Crippen molar-refractivity contribution in [2.24, 2.45) is 0 Å². The summed E-state index contributed by atoms with van der Waals surface area (Å²) in [5, 5.41) is 23.1. The number of sulfone groups is 3. The SMILES string of the molecule is CC(C)S(=O)(=O)c1ccc(-c2cnc3[nH]cc(C(=O)N4CCCc5ccccc54)c3n2)cc1.CC(C)S(=O)(=O)c1ccc(-c2cnc3[nH]cc(C(=O)Nc4cccc(CO)c4)c3n2)cc1.CC(C)S(=O)(=O)c1ccc(-c2cnc3[nH]cc(C(=O)Nc4ccccc4O)c3n2)cc1.[HH].[HH]. The van der Waals surface area contributed by atoms with E-state index in [4.69, 9.17) is 4.98 Å². The zero-order chi connectivity index (χ0) is 68.2. The molecule has 3 amide bonds. The first kappa shape index (κ1) is 66.6. The number of fused-ring (bicyclic) bond motifs is 4. The molecule has 0 aliphatic carbocycles. The van der Waals surface area contributed by atoms with Crippen molar-refractivity contribution in [3.63, 3.8) is 0 Å². The number of amides is 3. The van der Waals surface area contributed by atoms with Crippen molar-refractivity contribution in [2.45, 2.75) is 91.4 Å². The lowest BCUT2D eigenvalue weighted by Gasteiger charge is -2.29. The number of anilines is 3. The molecular formula is C70H70N12O11S3. The Morgan fingerprint density at radius 3 is 1.39 bits per heavy atom. The molecule has 0 saturated carbocycles. The molecule has 6 aromatic heterocycles. The minimum atomic E-state index is -3.37. The molecule has 1 aliphatic rings. The number of aliphatic hydroxyl groups is 1. The highest BCUT2D eigenvalue weighted by Gasteiger charge is 2.28. The first-order chi connectivity index (χ1) is 45.9. The highest BCUT2D eigenvalue weighted by Crippen LogP contribution is 2.33. The van der Waals surface area contributed by atoms with Crippen LogP contribution in [0.3, 0.4) is 0 Å². The van der Waals surface area contributed by atoms with Gasteiger partial charge in [-0.2, -0.15) is 0 Å². The van der Waals surface area contributed by atoms with Gasteiger partial charge in [-0.15, -0.1) is 0 Å². The number of carbonyl (C=O) groups excluding carboxylic acids is 3. The number of phenols is 1. The molecule has 7 heterocycles. The second kappa shape index (κ2) is 27.6. The van der Waals surface area contributed by atoms with Crippen molar-refractivity contribution in [1.82, 2.24) is 44.9 Å². The predicted molar refractivity (Wildman–Crippen MR) is 372 cm³/mol. The van der Waals surface area contributed by atoms with Crippen LogP contribution in [0.5, 0.6) is 5.75 Å². The van der Waals surface area contributed by atoms with Crippen LogP contribution in [0.15, 0.2) is 197 Å². The topological polar surface area (TPSA) is 346 Å². The summed E-state index contributed by atoms with van der Waals surface area (Å²) in [7, 11) is -10.1. The normalized spacial score (nSPS) is 12.5. The fourth-order valence-corrected chi connectivity index (χ4v) is 13.6. The van der Waals surface area contributed by atoms with E-state index in [1.165, 1.54) is 24.0 Å². The van der Waals surface area contributed by atoms with Gasteiger partial charge >= 0.3 is 0 Å². The van der Waals surface area contributed by atoms with Gasteiger partial charge in [0.15, 0.2) is 46.5 Å². The highest BCUT2D eigenvalue weighted by molar-refractivity contribution is 7.92. The lowest BCUT2D eigenvalue weighted by Crippen LogP contribution is -2.35. The van der Waals surface area contributed by atoms with Gasteiger partial charge in [-0.25, -0.2) is 55.2 Å². The van der Waals surface area contributed by atoms with Crippen molar-refractivity contribution in [1.29, 1.82) is 0 Å². The van der Waals surface area contributed by atoms with Crippen molar-refractivity contribution < 1.29 is 52.7 Å². The van der Waals surface area contributed by atoms with E-state index in [0.717, 1.165) is 24.1 Å². The van der Waals surface area contributed by atoms with Crippen LogP contribution in [0, 0.1) is 0 Å². The number of para-hydroxylation sites is 3. The molecule has 0 spiro atoms. The van der Waals surface area contributed by atoms with E-state index in [1.807, 2.05) is 18.2 Å². The number of nitrogens with one attached hydrogen (secondary N) is 5. The van der Waals surface area contributed by atoms with Gasteiger partial charge < -0.3 is 40.7 Å². The van der Waals surface area contributed by atoms with Crippen molar-refractivity contribution in [3.8, 4) is 39.5 Å². The molecule has 13 rings (SSSR count). The van der Waals surface area contributed by atoms with Gasteiger partial charge in [0.2, 0.25) is 0 Å². The average molecular weight is 1350 g/mol. The van der Waals surface area contributed by atoms with E-state index in [1.54, 1.807) is 186 Å². The number of benzene rings is 6. The second-order valence-corrected chi connectivity index (χ2v) is 30.8. The molecule has 0 unspecified atom stereocenters. The molecule has 0 radical (unpaired) electrons. The summed E-state index contributed by atoms with van der Waals surface area (Å²) in [5.74, 6) is -0.967. The molecule has 26 heteroatoms. The van der Waals surface area contributed by atoms with Crippen molar-refractivity contribution in [3.05, 3.63) is 211 Å². The lowest BCUT2D eigenvalue weighted by atomic mass is 10.0. The Morgan fingerprint density at radius 1 is 0.521 bits per heavy atom. The average Bonchev–Trinajstić information content (AvgIpc) is 1.55. The monoisotopic (exact) mass is 1350 g/mol. The zero-order valence-corrected chi connectivity index (χ0v) is 55.3. The smallest absolute Gasteiger partial charge is 0.262 e. The minimum Gasteiger partial charge on any atom is -0.506 e. The zero-order valence-electron chi connectivity index (χ0n) is 52.8. The molecular weight excluding hydrogens is 1280 g/mol. The molecule has 0 fully saturated rings. The number of rotatable bonds is 15. The number of H-pyrrole nitrogens is 3. The molecule has 7 N–H and O–H groups in total. The van der Waals surface area contributed by atoms with Gasteiger partial charge in [0, 0.05) is 56.1 Å². The number of hydrogen-bond acceptors (Lipinski definition) is 17. The van der Waals surface area contributed by atoms with Gasteiger partial charge in [0.05, 0.1) is 95.1 Å². The van der Waals surface area contributed by atoms with Gasteiger partial charge in [-0.3, -0.25) is 14.4 Å². The van der Waals surface area contributed by atoms with Crippen LogP contribution in [0.25, 0.3) is 67.3 Å². The van der Waals surface area contributed by atoms with E-state index < -0.39 is 51.2 Å². The van der Waals surface area contributed by atoms with Gasteiger partial charge in [-0.05, 0) is 132 Å². The lowest BCUT2D eigenvalue weighted by molar-refractivity contribution is 0.0984. The first-order valence-corrected chi connectivity index (χ1v) is 35.1. The standard InChI is InChI=1S/C25H24N4O3S.C23H22N4O4S.C22H20N4O4S.2H2/c1-16(2)33(31,32)19-11-9-17(10-12-19)21-15-27-24-23(28-21)20(14-26-24)25(30)29-13-5-7-18-6-3-4-8-22(18)29;1-14(2)32(30,31)18-8-6-16(7-9-18)20-12-25-22-21(27-20)19(11-24-22)23(29)26-17-5-3-4-15(10-17)13-28;1-13(2)31(29,30)15-9-7-14(8-10-15)18-12-24-21-20(25-18)16(11-23-21)22(28)26-17-5-3-4-6-19(17)27;;/h3-4,6,8-12,14-16H,5,7,13H2,1-2H3,(H,26,27);3-12,14,28H,13H2,1-2H3,(H,24,25)(H,26,29);3-13,27H,1-2H3,(H,23,24)(H,26,28);2*1H. The third-order valence-corrected chi connectivity index (χ3v) is 22.5.